The van der Waals surface area contributed by atoms with E-state index in [9.17, 15) is 0 Å². The summed E-state index contributed by atoms with van der Waals surface area (Å²) in [5.41, 5.74) is 3.08. The van der Waals surface area contributed by atoms with Crippen LogP contribution in [-0.2, 0) is 6.42 Å². The van der Waals surface area contributed by atoms with Gasteiger partial charge in [-0.2, -0.15) is 0 Å². The average Bonchev–Trinajstić information content (AvgIpc) is 3.11. The van der Waals surface area contributed by atoms with Gasteiger partial charge in [0.25, 0.3) is 0 Å². The minimum Gasteiger partial charge on any atom is -0.310 e. The summed E-state index contributed by atoms with van der Waals surface area (Å²) in [6.07, 6.45) is 9.45. The molecular formula is C17H27N3. The quantitative estimate of drug-likeness (QED) is 0.849. The van der Waals surface area contributed by atoms with Crippen LogP contribution in [0.3, 0.4) is 0 Å². The van der Waals surface area contributed by atoms with Crippen LogP contribution in [0, 0.1) is 5.41 Å². The highest BCUT2D eigenvalue weighted by Gasteiger charge is 2.48. The lowest BCUT2D eigenvalue weighted by Crippen LogP contribution is -2.23. The van der Waals surface area contributed by atoms with E-state index < -0.39 is 0 Å². The molecule has 0 radical (unpaired) electrons. The largest absolute Gasteiger partial charge is 0.310 e. The highest BCUT2D eigenvalue weighted by atomic mass is 15.0. The van der Waals surface area contributed by atoms with E-state index in [0.29, 0.717) is 17.4 Å². The Morgan fingerprint density at radius 2 is 2.15 bits per heavy atom. The maximum Gasteiger partial charge on any atom is 0.132 e. The van der Waals surface area contributed by atoms with E-state index in [-0.39, 0.29) is 0 Å². The predicted molar refractivity (Wildman–Crippen MR) is 81.8 cm³/mol. The standard InChI is InChI=1S/C17H27N3/c1-4-9-18-14-7-5-6-8-15-12(14)11-19-16(20-15)13-10-17(13,2)3/h11,13-14,18H,4-10H2,1-3H3. The number of hydrogen-bond acceptors (Lipinski definition) is 3. The normalized spacial score (nSPS) is 27.8. The third kappa shape index (κ3) is 2.73. The van der Waals surface area contributed by atoms with Crippen molar-refractivity contribution in [1.82, 2.24) is 15.3 Å². The summed E-state index contributed by atoms with van der Waals surface area (Å²) in [7, 11) is 0. The Morgan fingerprint density at radius 3 is 2.85 bits per heavy atom. The summed E-state index contributed by atoms with van der Waals surface area (Å²) in [5.74, 6) is 1.67. The highest BCUT2D eigenvalue weighted by Crippen LogP contribution is 2.57. The monoisotopic (exact) mass is 273 g/mol. The summed E-state index contributed by atoms with van der Waals surface area (Å²) in [4.78, 5) is 9.64. The number of aryl methyl sites for hydroxylation is 1. The van der Waals surface area contributed by atoms with Gasteiger partial charge in [0.15, 0.2) is 0 Å². The molecule has 3 rings (SSSR count). The predicted octanol–water partition coefficient (Wildman–Crippen LogP) is 3.76. The molecule has 0 saturated heterocycles. The summed E-state index contributed by atoms with van der Waals surface area (Å²) in [6, 6.07) is 0.466. The van der Waals surface area contributed by atoms with Crippen molar-refractivity contribution in [3.8, 4) is 0 Å². The molecule has 0 aromatic carbocycles. The Hall–Kier alpha value is -0.960. The molecule has 3 heteroatoms. The first-order valence-corrected chi connectivity index (χ1v) is 8.21. The van der Waals surface area contributed by atoms with E-state index in [1.54, 1.807) is 0 Å². The first-order valence-electron chi connectivity index (χ1n) is 8.21. The van der Waals surface area contributed by atoms with Crippen molar-refractivity contribution >= 4 is 0 Å². The molecule has 1 aromatic heterocycles. The molecule has 0 amide bonds. The van der Waals surface area contributed by atoms with Gasteiger partial charge in [-0.3, -0.25) is 0 Å². The lowest BCUT2D eigenvalue weighted by Gasteiger charge is -2.18. The van der Waals surface area contributed by atoms with Gasteiger partial charge in [-0.1, -0.05) is 27.2 Å². The lowest BCUT2D eigenvalue weighted by molar-refractivity contribution is 0.487. The zero-order valence-corrected chi connectivity index (χ0v) is 13.1. The van der Waals surface area contributed by atoms with Crippen LogP contribution in [0.2, 0.25) is 0 Å². The Bertz CT molecular complexity index is 481. The van der Waals surface area contributed by atoms with E-state index in [4.69, 9.17) is 9.97 Å². The van der Waals surface area contributed by atoms with Crippen LogP contribution in [0.1, 0.15) is 81.9 Å². The molecule has 3 nitrogen and oxygen atoms in total. The molecule has 1 aromatic rings. The molecule has 110 valence electrons. The molecule has 2 aliphatic carbocycles. The maximum absolute atomic E-state index is 4.94. The minimum absolute atomic E-state index is 0.416. The van der Waals surface area contributed by atoms with Gasteiger partial charge in [0.2, 0.25) is 0 Å². The van der Waals surface area contributed by atoms with Crippen LogP contribution in [0.15, 0.2) is 6.20 Å². The van der Waals surface area contributed by atoms with Gasteiger partial charge in [-0.25, -0.2) is 9.97 Å². The van der Waals surface area contributed by atoms with Gasteiger partial charge < -0.3 is 5.32 Å². The molecule has 0 aliphatic heterocycles. The Morgan fingerprint density at radius 1 is 1.35 bits per heavy atom. The van der Waals surface area contributed by atoms with Crippen LogP contribution in [0.4, 0.5) is 0 Å². The molecule has 2 atom stereocenters. The van der Waals surface area contributed by atoms with E-state index >= 15 is 0 Å². The third-order valence-electron chi connectivity index (χ3n) is 4.92. The van der Waals surface area contributed by atoms with Crippen LogP contribution >= 0.6 is 0 Å². The van der Waals surface area contributed by atoms with Gasteiger partial charge in [0.05, 0.1) is 0 Å². The number of rotatable bonds is 4. The van der Waals surface area contributed by atoms with Crippen molar-refractivity contribution in [3.63, 3.8) is 0 Å². The van der Waals surface area contributed by atoms with Crippen LogP contribution in [0.5, 0.6) is 0 Å². The molecule has 20 heavy (non-hydrogen) atoms. The molecule has 1 fully saturated rings. The van der Waals surface area contributed by atoms with Crippen LogP contribution in [-0.4, -0.2) is 16.5 Å². The second-order valence-electron chi connectivity index (χ2n) is 7.13. The number of fused-ring (bicyclic) bond motifs is 1. The second-order valence-corrected chi connectivity index (χ2v) is 7.13. The number of hydrogen-bond donors (Lipinski definition) is 1. The fourth-order valence-corrected chi connectivity index (χ4v) is 3.34. The van der Waals surface area contributed by atoms with Crippen LogP contribution in [0.25, 0.3) is 0 Å². The van der Waals surface area contributed by atoms with Crippen molar-refractivity contribution in [2.45, 2.75) is 71.3 Å². The summed E-state index contributed by atoms with van der Waals surface area (Å²) in [5, 5.41) is 3.67. The molecule has 1 N–H and O–H groups in total. The maximum atomic E-state index is 4.94. The molecule has 1 heterocycles. The van der Waals surface area contributed by atoms with Crippen molar-refractivity contribution in [3.05, 3.63) is 23.3 Å². The number of nitrogens with one attached hydrogen (secondary N) is 1. The summed E-state index contributed by atoms with van der Waals surface area (Å²) >= 11 is 0. The molecule has 1 saturated carbocycles. The van der Waals surface area contributed by atoms with Crippen molar-refractivity contribution < 1.29 is 0 Å². The second kappa shape index (κ2) is 5.44. The van der Waals surface area contributed by atoms with E-state index in [2.05, 4.69) is 32.3 Å². The summed E-state index contributed by atoms with van der Waals surface area (Å²) < 4.78 is 0. The van der Waals surface area contributed by atoms with E-state index in [0.717, 1.165) is 18.8 Å². The molecular weight excluding hydrogens is 246 g/mol. The minimum atomic E-state index is 0.416. The third-order valence-corrected chi connectivity index (χ3v) is 4.92. The highest BCUT2D eigenvalue weighted by molar-refractivity contribution is 5.26. The van der Waals surface area contributed by atoms with Gasteiger partial charge in [0.1, 0.15) is 5.82 Å². The molecule has 0 bridgehead atoms. The van der Waals surface area contributed by atoms with Crippen LogP contribution < -0.4 is 5.32 Å². The first kappa shape index (κ1) is 14.0. The van der Waals surface area contributed by atoms with E-state index in [1.807, 2.05) is 0 Å². The zero-order chi connectivity index (χ0) is 14.2. The number of aromatic nitrogens is 2. The van der Waals surface area contributed by atoms with Crippen molar-refractivity contribution in [1.29, 1.82) is 0 Å². The van der Waals surface area contributed by atoms with Gasteiger partial charge in [0, 0.05) is 29.4 Å². The smallest absolute Gasteiger partial charge is 0.132 e. The zero-order valence-electron chi connectivity index (χ0n) is 13.1. The topological polar surface area (TPSA) is 37.8 Å². The van der Waals surface area contributed by atoms with Gasteiger partial charge in [-0.05, 0) is 44.1 Å². The van der Waals surface area contributed by atoms with Gasteiger partial charge in [-0.15, -0.1) is 0 Å². The molecule has 0 spiro atoms. The van der Waals surface area contributed by atoms with Crippen molar-refractivity contribution in [2.24, 2.45) is 5.41 Å². The fourth-order valence-electron chi connectivity index (χ4n) is 3.34. The number of nitrogens with zero attached hydrogens (tertiary/aromatic N) is 2. The first-order chi connectivity index (χ1) is 9.62. The molecule has 2 unspecified atom stereocenters. The fraction of sp³-hybridized carbons (Fsp3) is 0.765. The summed E-state index contributed by atoms with van der Waals surface area (Å²) in [6.45, 7) is 7.94. The average molecular weight is 273 g/mol. The lowest BCUT2D eigenvalue weighted by atomic mass is 10.0. The Labute approximate surface area is 122 Å². The van der Waals surface area contributed by atoms with Crippen molar-refractivity contribution in [2.75, 3.05) is 6.54 Å². The SMILES string of the molecule is CCCNC1CCCCc2nc(C3CC3(C)C)ncc21. The van der Waals surface area contributed by atoms with Gasteiger partial charge >= 0.3 is 0 Å². The Balaban J connectivity index is 1.84. The molecule has 2 aliphatic rings. The van der Waals surface area contributed by atoms with E-state index in [1.165, 1.54) is 43.4 Å². The Kier molecular flexibility index (Phi) is 3.80.